The number of carbonyl (C=O) groups excluding carboxylic acids is 2. The Balaban J connectivity index is 4.61. The van der Waals surface area contributed by atoms with Crippen LogP contribution in [-0.2, 0) is 14.4 Å². The van der Waals surface area contributed by atoms with Crippen molar-refractivity contribution in [3.05, 3.63) is 11.1 Å². The molecule has 0 fully saturated rings. The molecule has 1 N–H and O–H groups in total. The molecule has 0 aromatic carbocycles. The molecular weight excluding hydrogens is 212 g/mol. The normalized spacial score (nSPS) is 8.56. The van der Waals surface area contributed by atoms with Crippen molar-refractivity contribution in [3.8, 4) is 0 Å². The van der Waals surface area contributed by atoms with Gasteiger partial charge in [0.15, 0.2) is 0 Å². The quantitative estimate of drug-likeness (QED) is 0.393. The van der Waals surface area contributed by atoms with Crippen molar-refractivity contribution in [1.82, 2.24) is 0 Å². The van der Waals surface area contributed by atoms with Gasteiger partial charge in [0, 0.05) is 5.57 Å². The lowest BCUT2D eigenvalue weighted by atomic mass is 10.0. The van der Waals surface area contributed by atoms with E-state index in [0.29, 0.717) is 18.4 Å². The Morgan fingerprint density at radius 3 is 1.88 bits per heavy atom. The van der Waals surface area contributed by atoms with Gasteiger partial charge >= 0.3 is 5.97 Å². The molecule has 0 saturated carbocycles. The van der Waals surface area contributed by atoms with Crippen molar-refractivity contribution < 1.29 is 19.5 Å². The molecule has 0 aromatic rings. The Kier molecular flexibility index (Phi) is 7.24. The molecule has 86 valence electrons. The lowest BCUT2D eigenvalue weighted by molar-refractivity contribution is -0.132. The zero-order chi connectivity index (χ0) is 12.4. The van der Waals surface area contributed by atoms with Crippen LogP contribution in [0.2, 0.25) is 0 Å². The number of isocyanates is 2. The first-order chi connectivity index (χ1) is 7.63. The van der Waals surface area contributed by atoms with Crippen molar-refractivity contribution in [3.63, 3.8) is 0 Å². The van der Waals surface area contributed by atoms with Crippen LogP contribution >= 0.6 is 0 Å². The number of aliphatic imine (C=N–C) groups is 2. The summed E-state index contributed by atoms with van der Waals surface area (Å²) in [5.41, 5.74) is 0.813. The van der Waals surface area contributed by atoms with Crippen molar-refractivity contribution in [1.29, 1.82) is 0 Å². The number of aliphatic carboxylic acids is 1. The minimum absolute atomic E-state index is 0.189. The number of carboxylic acids is 1. The predicted molar refractivity (Wildman–Crippen MR) is 55.5 cm³/mol. The Labute approximate surface area is 92.4 Å². The van der Waals surface area contributed by atoms with Gasteiger partial charge in [0.05, 0.1) is 13.1 Å². The highest BCUT2D eigenvalue weighted by atomic mass is 16.4. The lowest BCUT2D eigenvalue weighted by Gasteiger charge is -2.06. The SMILES string of the molecule is CC(C(=O)O)=C(CCN=C=O)CCN=C=O. The zero-order valence-electron chi connectivity index (χ0n) is 8.89. The van der Waals surface area contributed by atoms with Gasteiger partial charge in [0.25, 0.3) is 0 Å². The molecule has 0 rings (SSSR count). The van der Waals surface area contributed by atoms with Crippen LogP contribution in [0, 0.1) is 0 Å². The molecule has 0 aromatic heterocycles. The van der Waals surface area contributed by atoms with E-state index in [1.807, 2.05) is 0 Å². The molecule has 6 heteroatoms. The first-order valence-electron chi connectivity index (χ1n) is 4.62. The molecule has 0 bridgehead atoms. The number of rotatable bonds is 7. The summed E-state index contributed by atoms with van der Waals surface area (Å²) in [6.45, 7) is 1.84. The van der Waals surface area contributed by atoms with Crippen LogP contribution in [0.1, 0.15) is 19.8 Å². The minimum atomic E-state index is -1.03. The maximum absolute atomic E-state index is 10.7. The third kappa shape index (κ3) is 5.65. The monoisotopic (exact) mass is 224 g/mol. The number of hydrogen-bond donors (Lipinski definition) is 1. The Bertz CT molecular complexity index is 350. The van der Waals surface area contributed by atoms with E-state index in [0.717, 1.165) is 0 Å². The number of nitrogens with zero attached hydrogens (tertiary/aromatic N) is 2. The molecule has 0 unspecified atom stereocenters. The van der Waals surface area contributed by atoms with Crippen LogP contribution in [0.15, 0.2) is 21.1 Å². The second-order valence-electron chi connectivity index (χ2n) is 2.98. The fourth-order valence-electron chi connectivity index (χ4n) is 1.12. The summed E-state index contributed by atoms with van der Waals surface area (Å²) in [6.07, 6.45) is 3.45. The Hall–Kier alpha value is -2.03. The summed E-state index contributed by atoms with van der Waals surface area (Å²) >= 11 is 0. The molecule has 0 spiro atoms. The second kappa shape index (κ2) is 8.29. The predicted octanol–water partition coefficient (Wildman–Crippen LogP) is 0.839. The highest BCUT2D eigenvalue weighted by molar-refractivity contribution is 5.86. The van der Waals surface area contributed by atoms with Crippen molar-refractivity contribution >= 4 is 18.1 Å². The summed E-state index contributed by atoms with van der Waals surface area (Å²) in [7, 11) is 0. The van der Waals surface area contributed by atoms with E-state index < -0.39 is 5.97 Å². The summed E-state index contributed by atoms with van der Waals surface area (Å²) in [5, 5.41) is 8.79. The van der Waals surface area contributed by atoms with Crippen LogP contribution < -0.4 is 0 Å². The summed E-state index contributed by atoms with van der Waals surface area (Å²) in [6, 6.07) is 0. The fourth-order valence-corrected chi connectivity index (χ4v) is 1.12. The van der Waals surface area contributed by atoms with Crippen LogP contribution in [0.5, 0.6) is 0 Å². The van der Waals surface area contributed by atoms with E-state index in [2.05, 4.69) is 9.98 Å². The van der Waals surface area contributed by atoms with Gasteiger partial charge in [-0.3, -0.25) is 0 Å². The Morgan fingerprint density at radius 2 is 1.56 bits per heavy atom. The standard InChI is InChI=1S/C10H12N2O4/c1-8(10(15)16)9(2-4-11-6-13)3-5-12-7-14/h2-5H2,1H3,(H,15,16). The van der Waals surface area contributed by atoms with E-state index in [9.17, 15) is 14.4 Å². The van der Waals surface area contributed by atoms with Gasteiger partial charge in [0.1, 0.15) is 0 Å². The molecule has 6 nitrogen and oxygen atoms in total. The molecule has 0 aliphatic carbocycles. The maximum Gasteiger partial charge on any atom is 0.331 e. The number of carboxylic acid groups (broad SMARTS) is 1. The smallest absolute Gasteiger partial charge is 0.331 e. The highest BCUT2D eigenvalue weighted by Gasteiger charge is 2.08. The van der Waals surface area contributed by atoms with Gasteiger partial charge < -0.3 is 5.11 Å². The zero-order valence-corrected chi connectivity index (χ0v) is 8.89. The van der Waals surface area contributed by atoms with Gasteiger partial charge in [-0.1, -0.05) is 5.57 Å². The van der Waals surface area contributed by atoms with Crippen LogP contribution in [-0.4, -0.2) is 36.3 Å². The molecular formula is C10H12N2O4. The van der Waals surface area contributed by atoms with E-state index in [1.165, 1.54) is 19.1 Å². The van der Waals surface area contributed by atoms with E-state index in [-0.39, 0.29) is 18.7 Å². The summed E-state index contributed by atoms with van der Waals surface area (Å²) in [5.74, 6) is -1.03. The number of hydrogen-bond acceptors (Lipinski definition) is 5. The van der Waals surface area contributed by atoms with Gasteiger partial charge in [-0.15, -0.1) is 0 Å². The molecule has 0 atom stereocenters. The van der Waals surface area contributed by atoms with Gasteiger partial charge in [-0.25, -0.2) is 24.4 Å². The van der Waals surface area contributed by atoms with Crippen molar-refractivity contribution in [2.24, 2.45) is 9.98 Å². The molecule has 0 radical (unpaired) electrons. The maximum atomic E-state index is 10.7. The van der Waals surface area contributed by atoms with Gasteiger partial charge in [0.2, 0.25) is 12.2 Å². The molecule has 0 amide bonds. The van der Waals surface area contributed by atoms with Crippen molar-refractivity contribution in [2.75, 3.05) is 13.1 Å². The van der Waals surface area contributed by atoms with E-state index in [1.54, 1.807) is 0 Å². The number of carbonyl (C=O) groups is 1. The summed E-state index contributed by atoms with van der Waals surface area (Å²) in [4.78, 5) is 37.1. The van der Waals surface area contributed by atoms with Crippen LogP contribution in [0.3, 0.4) is 0 Å². The third-order valence-electron chi connectivity index (χ3n) is 2.03. The topological polar surface area (TPSA) is 96.2 Å². The molecule has 0 aliphatic rings. The largest absolute Gasteiger partial charge is 0.478 e. The molecule has 0 heterocycles. The molecule has 0 saturated heterocycles. The van der Waals surface area contributed by atoms with Gasteiger partial charge in [-0.2, -0.15) is 0 Å². The van der Waals surface area contributed by atoms with Crippen LogP contribution in [0.25, 0.3) is 0 Å². The third-order valence-corrected chi connectivity index (χ3v) is 2.03. The fraction of sp³-hybridized carbons (Fsp3) is 0.500. The van der Waals surface area contributed by atoms with Crippen molar-refractivity contribution in [2.45, 2.75) is 19.8 Å². The lowest BCUT2D eigenvalue weighted by Crippen LogP contribution is -2.03. The highest BCUT2D eigenvalue weighted by Crippen LogP contribution is 2.13. The average Bonchev–Trinajstić information content (AvgIpc) is 2.26. The van der Waals surface area contributed by atoms with E-state index in [4.69, 9.17) is 5.11 Å². The average molecular weight is 224 g/mol. The minimum Gasteiger partial charge on any atom is -0.478 e. The first kappa shape index (κ1) is 14.0. The summed E-state index contributed by atoms with van der Waals surface area (Å²) < 4.78 is 0. The Morgan fingerprint density at radius 1 is 1.12 bits per heavy atom. The second-order valence-corrected chi connectivity index (χ2v) is 2.98. The molecule has 0 aliphatic heterocycles. The van der Waals surface area contributed by atoms with Crippen LogP contribution in [0.4, 0.5) is 0 Å². The van der Waals surface area contributed by atoms with Gasteiger partial charge in [-0.05, 0) is 19.8 Å². The molecule has 16 heavy (non-hydrogen) atoms. The first-order valence-corrected chi connectivity index (χ1v) is 4.62. The van der Waals surface area contributed by atoms with E-state index >= 15 is 0 Å².